The number of H-pyrrole nitrogens is 2. The number of likely N-dealkylation sites (tertiary alicyclic amines) is 2. The lowest BCUT2D eigenvalue weighted by atomic mass is 9.97. The van der Waals surface area contributed by atoms with Crippen molar-refractivity contribution in [3.8, 4) is 33.6 Å². The van der Waals surface area contributed by atoms with E-state index in [-0.39, 0.29) is 18.0 Å². The van der Waals surface area contributed by atoms with Gasteiger partial charge >= 0.3 is 6.09 Å². The number of amides is 2. The SMILES string of the molecule is CC[C@H]1CCN(C)[C@@H]1c1ncc(-c2ccc(-c3ccc(-c4cnc([C@@H]5CC[C@@H](CC)N5C(=O)[C@H](C)NC(=O)OC)[nH]4)cc3)cc2)[nH]1. The lowest BCUT2D eigenvalue weighted by Crippen LogP contribution is -2.49. The van der Waals surface area contributed by atoms with Crippen molar-refractivity contribution in [2.75, 3.05) is 20.7 Å². The number of aromatic amines is 2. The number of ether oxygens (including phenoxy) is 1. The van der Waals surface area contributed by atoms with Gasteiger partial charge in [0.15, 0.2) is 0 Å². The molecule has 0 bridgehead atoms. The molecule has 242 valence electrons. The van der Waals surface area contributed by atoms with Crippen molar-refractivity contribution in [3.63, 3.8) is 0 Å². The highest BCUT2D eigenvalue weighted by molar-refractivity contribution is 5.86. The largest absolute Gasteiger partial charge is 0.453 e. The molecule has 0 spiro atoms. The van der Waals surface area contributed by atoms with Crippen molar-refractivity contribution in [2.45, 2.75) is 77.0 Å². The second-order valence-electron chi connectivity index (χ2n) is 12.7. The van der Waals surface area contributed by atoms with Gasteiger partial charge in [0.1, 0.15) is 17.7 Å². The van der Waals surface area contributed by atoms with Crippen molar-refractivity contribution in [1.29, 1.82) is 0 Å². The van der Waals surface area contributed by atoms with E-state index in [9.17, 15) is 9.59 Å². The van der Waals surface area contributed by atoms with Crippen molar-refractivity contribution in [2.24, 2.45) is 5.92 Å². The Morgan fingerprint density at radius 1 is 0.870 bits per heavy atom. The van der Waals surface area contributed by atoms with Crippen LogP contribution in [0.15, 0.2) is 60.9 Å². The van der Waals surface area contributed by atoms with Gasteiger partial charge in [-0.2, -0.15) is 0 Å². The van der Waals surface area contributed by atoms with Crippen molar-refractivity contribution >= 4 is 12.0 Å². The predicted molar refractivity (Wildman–Crippen MR) is 179 cm³/mol. The summed E-state index contributed by atoms with van der Waals surface area (Å²) in [4.78, 5) is 46.0. The minimum absolute atomic E-state index is 0.0938. The summed E-state index contributed by atoms with van der Waals surface area (Å²) >= 11 is 0. The monoisotopic (exact) mass is 623 g/mol. The van der Waals surface area contributed by atoms with E-state index < -0.39 is 12.1 Å². The summed E-state index contributed by atoms with van der Waals surface area (Å²) in [5.74, 6) is 2.33. The molecule has 6 rings (SSSR count). The number of methoxy groups -OCH3 is 1. The van der Waals surface area contributed by atoms with Gasteiger partial charge in [-0.3, -0.25) is 9.69 Å². The van der Waals surface area contributed by atoms with E-state index in [2.05, 4.69) is 89.6 Å². The van der Waals surface area contributed by atoms with Crippen LogP contribution >= 0.6 is 0 Å². The van der Waals surface area contributed by atoms with Gasteiger partial charge < -0.3 is 24.9 Å². The third-order valence-electron chi connectivity index (χ3n) is 9.93. The van der Waals surface area contributed by atoms with E-state index in [0.717, 1.165) is 77.5 Å². The second kappa shape index (κ2) is 13.5. The fourth-order valence-electron chi connectivity index (χ4n) is 7.26. The molecule has 0 unspecified atom stereocenters. The standard InChI is InChI=1S/C36H45N7O3/c1-6-23-18-19-42(4)32(23)34-38-21-30(41-34)27-14-10-25(11-15-27)24-8-12-26(13-9-24)29-20-37-33(40-29)31-17-16-28(7-2)43(31)35(44)22(3)39-36(45)46-5/h8-15,20-23,28,31-32H,6-7,16-19H2,1-5H3,(H,37,40)(H,38,41)(H,39,45)/t22-,23-,28+,31-,32-/m0/s1. The fraction of sp³-hybridized carbons (Fsp3) is 0.444. The molecule has 2 aliphatic rings. The fourth-order valence-corrected chi connectivity index (χ4v) is 7.26. The van der Waals surface area contributed by atoms with Gasteiger partial charge in [-0.15, -0.1) is 0 Å². The molecule has 2 saturated heterocycles. The molecule has 2 aromatic carbocycles. The van der Waals surface area contributed by atoms with Gasteiger partial charge in [0.05, 0.1) is 43.0 Å². The first-order chi connectivity index (χ1) is 22.3. The Morgan fingerprint density at radius 2 is 1.43 bits per heavy atom. The van der Waals surface area contributed by atoms with E-state index in [4.69, 9.17) is 14.7 Å². The quantitative estimate of drug-likeness (QED) is 0.190. The molecule has 0 radical (unpaired) electrons. The molecule has 0 aliphatic carbocycles. The number of benzene rings is 2. The summed E-state index contributed by atoms with van der Waals surface area (Å²) in [6, 6.07) is 16.6. The van der Waals surface area contributed by atoms with E-state index in [1.54, 1.807) is 6.92 Å². The van der Waals surface area contributed by atoms with E-state index in [1.807, 2.05) is 17.3 Å². The Balaban J connectivity index is 1.14. The van der Waals surface area contributed by atoms with Gasteiger partial charge in [0.2, 0.25) is 5.91 Å². The van der Waals surface area contributed by atoms with E-state index in [0.29, 0.717) is 12.0 Å². The Morgan fingerprint density at radius 3 is 2.00 bits per heavy atom. The highest BCUT2D eigenvalue weighted by atomic mass is 16.5. The van der Waals surface area contributed by atoms with Crippen LogP contribution in [0.5, 0.6) is 0 Å². The molecule has 2 aromatic heterocycles. The zero-order valence-corrected chi connectivity index (χ0v) is 27.4. The lowest BCUT2D eigenvalue weighted by molar-refractivity contribution is -0.136. The molecule has 10 nitrogen and oxygen atoms in total. The summed E-state index contributed by atoms with van der Waals surface area (Å²) in [5, 5.41) is 2.61. The van der Waals surface area contributed by atoms with E-state index in [1.165, 1.54) is 13.5 Å². The maximum atomic E-state index is 13.4. The molecule has 10 heteroatoms. The molecule has 46 heavy (non-hydrogen) atoms. The van der Waals surface area contributed by atoms with Crippen LogP contribution in [0.2, 0.25) is 0 Å². The van der Waals surface area contributed by atoms with Crippen LogP contribution in [0, 0.1) is 5.92 Å². The number of nitrogens with one attached hydrogen (secondary N) is 3. The number of imidazole rings is 2. The van der Waals surface area contributed by atoms with Gasteiger partial charge in [0.25, 0.3) is 0 Å². The van der Waals surface area contributed by atoms with Crippen LogP contribution in [0.25, 0.3) is 33.6 Å². The molecule has 2 amide bonds. The number of aromatic nitrogens is 4. The number of hydrogen-bond donors (Lipinski definition) is 3. The first kappa shape index (κ1) is 31.5. The number of carbonyl (C=O) groups is 2. The number of rotatable bonds is 9. The number of nitrogens with zero attached hydrogens (tertiary/aromatic N) is 4. The van der Waals surface area contributed by atoms with Gasteiger partial charge in [-0.25, -0.2) is 14.8 Å². The lowest BCUT2D eigenvalue weighted by Gasteiger charge is -2.31. The van der Waals surface area contributed by atoms with Crippen LogP contribution < -0.4 is 5.32 Å². The molecule has 0 saturated carbocycles. The van der Waals surface area contributed by atoms with Crippen LogP contribution in [0.1, 0.15) is 76.6 Å². The molecular weight excluding hydrogens is 578 g/mol. The maximum absolute atomic E-state index is 13.4. The highest BCUT2D eigenvalue weighted by Crippen LogP contribution is 2.39. The minimum Gasteiger partial charge on any atom is -0.453 e. The maximum Gasteiger partial charge on any atom is 0.407 e. The molecule has 4 aromatic rings. The third kappa shape index (κ3) is 6.18. The Bertz CT molecular complexity index is 1640. The van der Waals surface area contributed by atoms with Crippen LogP contribution in [0.3, 0.4) is 0 Å². The summed E-state index contributed by atoms with van der Waals surface area (Å²) in [6.07, 6.45) is 8.10. The van der Waals surface area contributed by atoms with Crippen molar-refractivity contribution in [3.05, 3.63) is 72.6 Å². The van der Waals surface area contributed by atoms with Crippen molar-refractivity contribution in [1.82, 2.24) is 35.1 Å². The summed E-state index contributed by atoms with van der Waals surface area (Å²) in [6.45, 7) is 7.15. The zero-order chi connectivity index (χ0) is 32.4. The predicted octanol–water partition coefficient (Wildman–Crippen LogP) is 6.72. The Labute approximate surface area is 271 Å². The van der Waals surface area contributed by atoms with Gasteiger partial charge in [0, 0.05) is 6.04 Å². The third-order valence-corrected chi connectivity index (χ3v) is 9.93. The molecule has 3 N–H and O–H groups in total. The number of carbonyl (C=O) groups excluding carboxylic acids is 2. The zero-order valence-electron chi connectivity index (χ0n) is 27.4. The Hall–Kier alpha value is -4.44. The minimum atomic E-state index is -0.692. The number of alkyl carbamates (subject to hydrolysis) is 1. The first-order valence-electron chi connectivity index (χ1n) is 16.5. The van der Waals surface area contributed by atoms with Crippen LogP contribution in [-0.4, -0.2) is 74.5 Å². The smallest absolute Gasteiger partial charge is 0.407 e. The molecule has 2 fully saturated rings. The highest BCUT2D eigenvalue weighted by Gasteiger charge is 2.40. The Kier molecular flexibility index (Phi) is 9.26. The molecule has 4 heterocycles. The summed E-state index contributed by atoms with van der Waals surface area (Å²) in [5.41, 5.74) is 6.36. The average Bonchev–Trinajstić information content (AvgIpc) is 3.90. The molecule has 2 aliphatic heterocycles. The van der Waals surface area contributed by atoms with Crippen LogP contribution in [-0.2, 0) is 9.53 Å². The van der Waals surface area contributed by atoms with Gasteiger partial charge in [-0.05, 0) is 74.4 Å². The molecular formula is C36H45N7O3. The average molecular weight is 624 g/mol. The topological polar surface area (TPSA) is 119 Å². The summed E-state index contributed by atoms with van der Waals surface area (Å²) in [7, 11) is 3.48. The second-order valence-corrected chi connectivity index (χ2v) is 12.7. The van der Waals surface area contributed by atoms with Gasteiger partial charge in [-0.1, -0.05) is 68.8 Å². The summed E-state index contributed by atoms with van der Waals surface area (Å²) < 4.78 is 4.69. The molecule has 5 atom stereocenters. The normalized spacial score (nSPS) is 22.2. The van der Waals surface area contributed by atoms with Crippen molar-refractivity contribution < 1.29 is 14.3 Å². The van der Waals surface area contributed by atoms with Crippen LogP contribution in [0.4, 0.5) is 4.79 Å². The van der Waals surface area contributed by atoms with E-state index >= 15 is 0 Å². The first-order valence-corrected chi connectivity index (χ1v) is 16.5. The number of hydrogen-bond acceptors (Lipinski definition) is 6.